The van der Waals surface area contributed by atoms with Crippen molar-refractivity contribution in [2.24, 2.45) is 0 Å². The van der Waals surface area contributed by atoms with Gasteiger partial charge in [0.05, 0.1) is 11.6 Å². The first-order valence-corrected chi connectivity index (χ1v) is 10.7. The second kappa shape index (κ2) is 8.64. The van der Waals surface area contributed by atoms with Gasteiger partial charge in [-0.3, -0.25) is 14.4 Å². The summed E-state index contributed by atoms with van der Waals surface area (Å²) in [7, 11) is 0. The maximum absolute atomic E-state index is 13.4. The van der Waals surface area contributed by atoms with E-state index in [1.807, 2.05) is 6.07 Å². The predicted molar refractivity (Wildman–Crippen MR) is 124 cm³/mol. The van der Waals surface area contributed by atoms with E-state index >= 15 is 0 Å². The fraction of sp³-hybridized carbons (Fsp3) is 0.222. The van der Waals surface area contributed by atoms with Crippen LogP contribution in [0.4, 0.5) is 0 Å². The van der Waals surface area contributed by atoms with Gasteiger partial charge in [-0.25, -0.2) is 0 Å². The fourth-order valence-electron chi connectivity index (χ4n) is 4.02. The number of ether oxygens (including phenoxy) is 1. The van der Waals surface area contributed by atoms with Crippen molar-refractivity contribution in [2.45, 2.75) is 38.5 Å². The molecular formula is C27H25NO5. The van der Waals surface area contributed by atoms with Crippen LogP contribution in [0.25, 0.3) is 0 Å². The molecule has 1 amide bonds. The van der Waals surface area contributed by atoms with Crippen LogP contribution in [0.1, 0.15) is 69.0 Å². The third-order valence-corrected chi connectivity index (χ3v) is 5.89. The molecule has 0 bridgehead atoms. The highest BCUT2D eigenvalue weighted by Gasteiger charge is 2.44. The molecule has 33 heavy (non-hydrogen) atoms. The number of nitrogens with one attached hydrogen (secondary N) is 1. The molecule has 2 atom stereocenters. The number of aliphatic hydroxyl groups is 1. The van der Waals surface area contributed by atoms with Gasteiger partial charge in [0.1, 0.15) is 17.5 Å². The van der Waals surface area contributed by atoms with Gasteiger partial charge in [0.25, 0.3) is 5.91 Å². The Balaban J connectivity index is 1.72. The van der Waals surface area contributed by atoms with Gasteiger partial charge in [0, 0.05) is 22.3 Å². The van der Waals surface area contributed by atoms with Crippen LogP contribution in [0.3, 0.4) is 0 Å². The highest BCUT2D eigenvalue weighted by atomic mass is 16.5. The highest BCUT2D eigenvalue weighted by Crippen LogP contribution is 2.40. The van der Waals surface area contributed by atoms with E-state index in [4.69, 9.17) is 4.74 Å². The standard InChI is InChI=1S/C27H25NO5/c1-16(29)18-13-14-22-21(15-18)23(25(31)27(2,3)33-22)28-26(32)20-12-8-7-11-19(20)24(30)17-9-5-4-6-10-17/h4-15,23,25,31H,1-3H3,(H,28,32). The van der Waals surface area contributed by atoms with Crippen molar-refractivity contribution in [3.05, 3.63) is 101 Å². The van der Waals surface area contributed by atoms with E-state index in [1.54, 1.807) is 80.6 Å². The van der Waals surface area contributed by atoms with Crippen molar-refractivity contribution in [1.82, 2.24) is 5.32 Å². The molecule has 0 saturated carbocycles. The van der Waals surface area contributed by atoms with Crippen LogP contribution in [-0.2, 0) is 0 Å². The lowest BCUT2D eigenvalue weighted by atomic mass is 9.85. The molecule has 0 aliphatic carbocycles. The molecule has 3 aromatic carbocycles. The minimum Gasteiger partial charge on any atom is -0.485 e. The fourth-order valence-corrected chi connectivity index (χ4v) is 4.02. The molecule has 2 N–H and O–H groups in total. The second-order valence-electron chi connectivity index (χ2n) is 8.65. The van der Waals surface area contributed by atoms with E-state index in [2.05, 4.69) is 5.32 Å². The zero-order chi connectivity index (χ0) is 23.8. The smallest absolute Gasteiger partial charge is 0.252 e. The van der Waals surface area contributed by atoms with Gasteiger partial charge in [0.2, 0.25) is 0 Å². The molecule has 4 rings (SSSR count). The number of carbonyl (C=O) groups excluding carboxylic acids is 3. The number of Topliss-reactive ketones (excluding diaryl/α,β-unsaturated/α-hetero) is 1. The summed E-state index contributed by atoms with van der Waals surface area (Å²) in [5, 5.41) is 13.9. The van der Waals surface area contributed by atoms with Gasteiger partial charge >= 0.3 is 0 Å². The number of hydrogen-bond donors (Lipinski definition) is 2. The number of amides is 1. The molecule has 2 unspecified atom stereocenters. The Hall–Kier alpha value is -3.77. The second-order valence-corrected chi connectivity index (χ2v) is 8.65. The maximum atomic E-state index is 13.4. The first-order chi connectivity index (χ1) is 15.7. The number of benzene rings is 3. The molecule has 0 spiro atoms. The molecule has 168 valence electrons. The number of ketones is 2. The Labute approximate surface area is 192 Å². The van der Waals surface area contributed by atoms with E-state index in [0.717, 1.165) is 0 Å². The van der Waals surface area contributed by atoms with Crippen molar-refractivity contribution in [1.29, 1.82) is 0 Å². The molecule has 1 aliphatic rings. The largest absolute Gasteiger partial charge is 0.485 e. The van der Waals surface area contributed by atoms with E-state index in [1.165, 1.54) is 6.92 Å². The third kappa shape index (κ3) is 4.30. The van der Waals surface area contributed by atoms with Crippen molar-refractivity contribution in [3.63, 3.8) is 0 Å². The number of carbonyl (C=O) groups is 3. The van der Waals surface area contributed by atoms with Gasteiger partial charge in [-0.1, -0.05) is 48.5 Å². The zero-order valence-electron chi connectivity index (χ0n) is 18.7. The Morgan fingerprint density at radius 1 is 0.879 bits per heavy atom. The van der Waals surface area contributed by atoms with Crippen molar-refractivity contribution >= 4 is 17.5 Å². The van der Waals surface area contributed by atoms with Crippen molar-refractivity contribution in [2.75, 3.05) is 0 Å². The quantitative estimate of drug-likeness (QED) is 0.579. The normalized spacial score (nSPS) is 18.5. The lowest BCUT2D eigenvalue weighted by molar-refractivity contribution is -0.0627. The average Bonchev–Trinajstić information content (AvgIpc) is 2.81. The van der Waals surface area contributed by atoms with Crippen molar-refractivity contribution in [3.8, 4) is 5.75 Å². The molecule has 0 saturated heterocycles. The van der Waals surface area contributed by atoms with E-state index in [0.29, 0.717) is 22.4 Å². The Morgan fingerprint density at radius 2 is 1.52 bits per heavy atom. The van der Waals surface area contributed by atoms with Gasteiger partial charge in [0.15, 0.2) is 11.6 Å². The van der Waals surface area contributed by atoms with Crippen LogP contribution in [0.15, 0.2) is 72.8 Å². The molecule has 6 nitrogen and oxygen atoms in total. The van der Waals surface area contributed by atoms with Gasteiger partial charge in [-0.05, 0) is 45.0 Å². The number of hydrogen-bond acceptors (Lipinski definition) is 5. The summed E-state index contributed by atoms with van der Waals surface area (Å²) in [6, 6.07) is 19.4. The minimum absolute atomic E-state index is 0.138. The summed E-state index contributed by atoms with van der Waals surface area (Å²) in [6.45, 7) is 4.90. The summed E-state index contributed by atoms with van der Waals surface area (Å²) in [4.78, 5) is 38.4. The van der Waals surface area contributed by atoms with Crippen LogP contribution < -0.4 is 10.1 Å². The molecule has 3 aromatic rings. The minimum atomic E-state index is -1.09. The molecule has 6 heteroatoms. The molecule has 0 aromatic heterocycles. The Morgan fingerprint density at radius 3 is 2.18 bits per heavy atom. The molecular weight excluding hydrogens is 418 g/mol. The monoisotopic (exact) mass is 443 g/mol. The van der Waals surface area contributed by atoms with Crippen LogP contribution in [0, 0.1) is 0 Å². The highest BCUT2D eigenvalue weighted by molar-refractivity contribution is 6.15. The predicted octanol–water partition coefficient (Wildman–Crippen LogP) is 4.12. The number of fused-ring (bicyclic) bond motifs is 1. The average molecular weight is 443 g/mol. The summed E-state index contributed by atoms with van der Waals surface area (Å²) >= 11 is 0. The van der Waals surface area contributed by atoms with Crippen LogP contribution in [-0.4, -0.2) is 34.3 Å². The van der Waals surface area contributed by atoms with E-state index < -0.39 is 23.7 Å². The van der Waals surface area contributed by atoms with Crippen LogP contribution in [0.2, 0.25) is 0 Å². The first-order valence-electron chi connectivity index (χ1n) is 10.7. The molecule has 0 radical (unpaired) electrons. The van der Waals surface area contributed by atoms with Gasteiger partial charge < -0.3 is 15.2 Å². The lowest BCUT2D eigenvalue weighted by Crippen LogP contribution is -2.53. The molecule has 0 fully saturated rings. The lowest BCUT2D eigenvalue weighted by Gasteiger charge is -2.42. The summed E-state index contributed by atoms with van der Waals surface area (Å²) in [6.07, 6.45) is -1.09. The summed E-state index contributed by atoms with van der Waals surface area (Å²) in [5.41, 5.74) is 0.911. The number of aliphatic hydroxyl groups excluding tert-OH is 1. The topological polar surface area (TPSA) is 92.7 Å². The zero-order valence-corrected chi connectivity index (χ0v) is 18.7. The van der Waals surface area contributed by atoms with Crippen LogP contribution in [0.5, 0.6) is 5.75 Å². The van der Waals surface area contributed by atoms with Crippen LogP contribution >= 0.6 is 0 Å². The SMILES string of the molecule is CC(=O)c1ccc2c(c1)C(NC(=O)c1ccccc1C(=O)c1ccccc1)C(O)C(C)(C)O2. The van der Waals surface area contributed by atoms with E-state index in [-0.39, 0.29) is 22.7 Å². The van der Waals surface area contributed by atoms with E-state index in [9.17, 15) is 19.5 Å². The number of rotatable bonds is 5. The maximum Gasteiger partial charge on any atom is 0.252 e. The third-order valence-electron chi connectivity index (χ3n) is 5.89. The Bertz CT molecular complexity index is 1230. The first kappa shape index (κ1) is 22.4. The summed E-state index contributed by atoms with van der Waals surface area (Å²) in [5.74, 6) is -0.431. The van der Waals surface area contributed by atoms with Gasteiger partial charge in [-0.15, -0.1) is 0 Å². The Kier molecular flexibility index (Phi) is 5.87. The molecule has 1 aliphatic heterocycles. The molecule has 1 heterocycles. The summed E-state index contributed by atoms with van der Waals surface area (Å²) < 4.78 is 5.94. The van der Waals surface area contributed by atoms with Crippen molar-refractivity contribution < 1.29 is 24.2 Å². The van der Waals surface area contributed by atoms with Gasteiger partial charge in [-0.2, -0.15) is 0 Å².